The molecular weight excluding hydrogens is 611 g/mol. The maximum absolute atomic E-state index is 2.51. The van der Waals surface area contributed by atoms with E-state index >= 15 is 0 Å². The van der Waals surface area contributed by atoms with Gasteiger partial charge >= 0.3 is 0 Å². The fraction of sp³-hybridized carbons (Fsp3) is 0.0638. The summed E-state index contributed by atoms with van der Waals surface area (Å²) in [6, 6.07) is 60.7. The number of rotatable bonds is 4. The maximum atomic E-state index is 2.51. The van der Waals surface area contributed by atoms with Gasteiger partial charge in [0.2, 0.25) is 0 Å². The molecule has 9 aromatic rings. The number of para-hydroxylation sites is 1. The van der Waals surface area contributed by atoms with Crippen LogP contribution in [0, 0.1) is 0 Å². The Labute approximate surface area is 290 Å². The van der Waals surface area contributed by atoms with Gasteiger partial charge < -0.3 is 4.90 Å². The lowest BCUT2D eigenvalue weighted by atomic mass is 9.82. The van der Waals surface area contributed by atoms with Gasteiger partial charge in [-0.15, -0.1) is 11.3 Å². The predicted octanol–water partition coefficient (Wildman–Crippen LogP) is 13.8. The molecule has 1 aliphatic rings. The number of fused-ring (bicyclic) bond motifs is 9. The highest BCUT2D eigenvalue weighted by atomic mass is 32.1. The van der Waals surface area contributed by atoms with Gasteiger partial charge in [0.25, 0.3) is 0 Å². The predicted molar refractivity (Wildman–Crippen MR) is 212 cm³/mol. The normalized spacial score (nSPS) is 13.3. The molecule has 2 heteroatoms. The van der Waals surface area contributed by atoms with Crippen LogP contribution in [0.1, 0.15) is 25.0 Å². The summed E-state index contributed by atoms with van der Waals surface area (Å²) in [5.41, 5.74) is 11.2. The van der Waals surface area contributed by atoms with Crippen molar-refractivity contribution in [3.05, 3.63) is 175 Å². The summed E-state index contributed by atoms with van der Waals surface area (Å²) in [6.45, 7) is 4.72. The first-order valence-corrected chi connectivity index (χ1v) is 17.8. The van der Waals surface area contributed by atoms with Crippen LogP contribution in [0.25, 0.3) is 64.0 Å². The lowest BCUT2D eigenvalue weighted by Crippen LogP contribution is -2.16. The zero-order chi connectivity index (χ0) is 32.7. The fourth-order valence-electron chi connectivity index (χ4n) is 8.24. The molecule has 0 saturated carbocycles. The Bertz CT molecular complexity index is 2770. The van der Waals surface area contributed by atoms with Crippen LogP contribution >= 0.6 is 11.3 Å². The number of hydrogen-bond acceptors (Lipinski definition) is 2. The van der Waals surface area contributed by atoms with Crippen LogP contribution in [0.2, 0.25) is 0 Å². The molecular formula is C47H33NS. The Kier molecular flexibility index (Phi) is 6.16. The minimum Gasteiger partial charge on any atom is -0.309 e. The van der Waals surface area contributed by atoms with Gasteiger partial charge in [-0.25, -0.2) is 0 Å². The molecule has 1 heterocycles. The highest BCUT2D eigenvalue weighted by Gasteiger charge is 2.38. The van der Waals surface area contributed by atoms with Crippen molar-refractivity contribution in [2.24, 2.45) is 0 Å². The van der Waals surface area contributed by atoms with E-state index in [1.165, 1.54) is 80.8 Å². The second-order valence-electron chi connectivity index (χ2n) is 13.7. The standard InChI is InChI=1S/C47H33NS/c1-47(2)40-17-8-5-16-39(40)45-41(47)18-11-20-43(45)48(42-19-9-6-14-35(42)32-23-22-30-12-3-4-13-31(30)28-32)34-25-27-36-33(29-34)24-26-38-37-15-7-10-21-44(37)49-46(36)38/h3-29H,1-2H3. The summed E-state index contributed by atoms with van der Waals surface area (Å²) in [5, 5.41) is 7.71. The van der Waals surface area contributed by atoms with Crippen LogP contribution in [-0.4, -0.2) is 0 Å². The van der Waals surface area contributed by atoms with Crippen molar-refractivity contribution in [1.29, 1.82) is 0 Å². The van der Waals surface area contributed by atoms with Crippen LogP contribution in [0.4, 0.5) is 17.1 Å². The second kappa shape index (κ2) is 10.7. The molecule has 1 nitrogen and oxygen atoms in total. The molecule has 1 aliphatic carbocycles. The van der Waals surface area contributed by atoms with Gasteiger partial charge in [0.1, 0.15) is 0 Å². The van der Waals surface area contributed by atoms with Crippen LogP contribution < -0.4 is 4.90 Å². The lowest BCUT2D eigenvalue weighted by molar-refractivity contribution is 0.660. The van der Waals surface area contributed by atoms with Crippen molar-refractivity contribution in [3.8, 4) is 22.3 Å². The molecule has 1 aromatic heterocycles. The molecule has 0 atom stereocenters. The van der Waals surface area contributed by atoms with E-state index in [1.54, 1.807) is 0 Å². The Morgan fingerprint density at radius 1 is 0.469 bits per heavy atom. The fourth-order valence-corrected chi connectivity index (χ4v) is 9.48. The Hall–Kier alpha value is -5.70. The summed E-state index contributed by atoms with van der Waals surface area (Å²) >= 11 is 1.89. The third-order valence-corrected chi connectivity index (χ3v) is 11.9. The number of anilines is 3. The molecule has 232 valence electrons. The SMILES string of the molecule is CC1(C)c2ccccc2-c2c(N(c3ccc4c(ccc5c6ccccc6sc45)c3)c3ccccc3-c3ccc4ccccc4c3)cccc21. The largest absolute Gasteiger partial charge is 0.309 e. The van der Waals surface area contributed by atoms with Crippen LogP contribution in [0.5, 0.6) is 0 Å². The molecule has 0 fully saturated rings. The molecule has 8 aromatic carbocycles. The minimum absolute atomic E-state index is 0.0956. The number of nitrogens with zero attached hydrogens (tertiary/aromatic N) is 1. The summed E-state index contributed by atoms with van der Waals surface area (Å²) < 4.78 is 2.69. The zero-order valence-corrected chi connectivity index (χ0v) is 28.3. The number of benzene rings is 8. The summed E-state index contributed by atoms with van der Waals surface area (Å²) in [7, 11) is 0. The maximum Gasteiger partial charge on any atom is 0.0543 e. The topological polar surface area (TPSA) is 3.24 Å². The molecule has 0 radical (unpaired) electrons. The number of thiophene rings is 1. The van der Waals surface area contributed by atoms with Crippen LogP contribution in [-0.2, 0) is 5.41 Å². The summed E-state index contributed by atoms with van der Waals surface area (Å²) in [6.07, 6.45) is 0. The Balaban J connectivity index is 1.25. The van der Waals surface area contributed by atoms with Crippen LogP contribution in [0.3, 0.4) is 0 Å². The highest BCUT2D eigenvalue weighted by molar-refractivity contribution is 7.26. The van der Waals surface area contributed by atoms with Gasteiger partial charge in [-0.3, -0.25) is 0 Å². The van der Waals surface area contributed by atoms with Gasteiger partial charge in [-0.05, 0) is 80.2 Å². The van der Waals surface area contributed by atoms with E-state index in [1.807, 2.05) is 11.3 Å². The molecule has 0 aliphatic heterocycles. The van der Waals surface area contributed by atoms with Gasteiger partial charge in [-0.1, -0.05) is 141 Å². The van der Waals surface area contributed by atoms with Gasteiger partial charge in [0, 0.05) is 42.4 Å². The molecule has 0 unspecified atom stereocenters. The Morgan fingerprint density at radius 2 is 1.16 bits per heavy atom. The van der Waals surface area contributed by atoms with E-state index < -0.39 is 0 Å². The molecule has 0 N–H and O–H groups in total. The molecule has 49 heavy (non-hydrogen) atoms. The van der Waals surface area contributed by atoms with E-state index in [0.29, 0.717) is 0 Å². The minimum atomic E-state index is -0.0956. The van der Waals surface area contributed by atoms with E-state index in [0.717, 1.165) is 11.4 Å². The van der Waals surface area contributed by atoms with E-state index in [4.69, 9.17) is 0 Å². The van der Waals surface area contributed by atoms with Crippen molar-refractivity contribution in [2.45, 2.75) is 19.3 Å². The van der Waals surface area contributed by atoms with E-state index in [9.17, 15) is 0 Å². The third-order valence-electron chi connectivity index (χ3n) is 10.6. The Morgan fingerprint density at radius 3 is 2.08 bits per heavy atom. The van der Waals surface area contributed by atoms with Gasteiger partial charge in [-0.2, -0.15) is 0 Å². The van der Waals surface area contributed by atoms with E-state index in [-0.39, 0.29) is 5.41 Å². The monoisotopic (exact) mass is 643 g/mol. The van der Waals surface area contributed by atoms with Crippen molar-refractivity contribution >= 4 is 70.1 Å². The smallest absolute Gasteiger partial charge is 0.0543 e. The molecule has 0 bridgehead atoms. The van der Waals surface area contributed by atoms with Crippen molar-refractivity contribution in [3.63, 3.8) is 0 Å². The molecule has 0 amide bonds. The van der Waals surface area contributed by atoms with Crippen LogP contribution in [0.15, 0.2) is 164 Å². The molecule has 0 spiro atoms. The average Bonchev–Trinajstić information content (AvgIpc) is 3.64. The first-order chi connectivity index (χ1) is 24.1. The molecule has 10 rings (SSSR count). The first kappa shape index (κ1) is 28.3. The van der Waals surface area contributed by atoms with E-state index in [2.05, 4.69) is 183 Å². The average molecular weight is 644 g/mol. The molecule has 0 saturated heterocycles. The van der Waals surface area contributed by atoms with Gasteiger partial charge in [0.15, 0.2) is 0 Å². The number of hydrogen-bond donors (Lipinski definition) is 0. The quantitative estimate of drug-likeness (QED) is 0.184. The second-order valence-corrected chi connectivity index (χ2v) is 14.8. The van der Waals surface area contributed by atoms with Crippen molar-refractivity contribution in [1.82, 2.24) is 0 Å². The zero-order valence-electron chi connectivity index (χ0n) is 27.4. The highest BCUT2D eigenvalue weighted by Crippen LogP contribution is 2.55. The first-order valence-electron chi connectivity index (χ1n) is 17.0. The summed E-state index contributed by atoms with van der Waals surface area (Å²) in [5.74, 6) is 0. The summed E-state index contributed by atoms with van der Waals surface area (Å²) in [4.78, 5) is 2.51. The lowest BCUT2D eigenvalue weighted by Gasteiger charge is -2.31. The van der Waals surface area contributed by atoms with Gasteiger partial charge in [0.05, 0.1) is 11.4 Å². The van der Waals surface area contributed by atoms with Crippen molar-refractivity contribution in [2.75, 3.05) is 4.90 Å². The third kappa shape index (κ3) is 4.24. The van der Waals surface area contributed by atoms with Crippen molar-refractivity contribution < 1.29 is 0 Å².